The number of ether oxygens (including phenoxy) is 1. The first-order valence-corrected chi connectivity index (χ1v) is 4.11. The summed E-state index contributed by atoms with van der Waals surface area (Å²) in [6.45, 7) is 0. The van der Waals surface area contributed by atoms with Crippen molar-refractivity contribution in [3.63, 3.8) is 0 Å². The van der Waals surface area contributed by atoms with Gasteiger partial charge in [0.2, 0.25) is 0 Å². The highest BCUT2D eigenvalue weighted by Crippen LogP contribution is 2.18. The molecule has 2 nitrogen and oxygen atoms in total. The van der Waals surface area contributed by atoms with Crippen molar-refractivity contribution in [1.29, 1.82) is 0 Å². The number of para-hydroxylation sites is 1. The Kier molecular flexibility index (Phi) is 3.76. The molecule has 68 valence electrons. The third-order valence-electron chi connectivity index (χ3n) is 1.67. The number of hydrogen-bond donors (Lipinski definition) is 0. The highest BCUT2D eigenvalue weighted by molar-refractivity contribution is 5.61. The molecule has 0 aliphatic carbocycles. The molecule has 2 heteroatoms. The predicted molar refractivity (Wildman–Crippen MR) is 52.7 cm³/mol. The molecular weight excluding hydrogens is 164 g/mol. The van der Waals surface area contributed by atoms with Crippen LogP contribution >= 0.6 is 0 Å². The van der Waals surface area contributed by atoms with Gasteiger partial charge in [-0.05, 0) is 6.07 Å². The van der Waals surface area contributed by atoms with E-state index >= 15 is 0 Å². The van der Waals surface area contributed by atoms with Gasteiger partial charge < -0.3 is 9.53 Å². The second-order valence-electron chi connectivity index (χ2n) is 2.55. The van der Waals surface area contributed by atoms with Crippen LogP contribution in [0.5, 0.6) is 5.75 Å². The number of aldehydes is 1. The van der Waals surface area contributed by atoms with E-state index < -0.39 is 0 Å². The van der Waals surface area contributed by atoms with Gasteiger partial charge in [0.05, 0.1) is 7.11 Å². The number of hydrogen-bond acceptors (Lipinski definition) is 2. The minimum absolute atomic E-state index is 0.443. The molecule has 13 heavy (non-hydrogen) atoms. The highest BCUT2D eigenvalue weighted by atomic mass is 16.5. The molecule has 0 fully saturated rings. The van der Waals surface area contributed by atoms with Crippen LogP contribution in [0.3, 0.4) is 0 Å². The number of benzene rings is 1. The van der Waals surface area contributed by atoms with Gasteiger partial charge in [-0.1, -0.05) is 30.4 Å². The van der Waals surface area contributed by atoms with Crippen molar-refractivity contribution in [3.05, 3.63) is 35.9 Å². The Bertz CT molecular complexity index is 303. The van der Waals surface area contributed by atoms with Crippen LogP contribution in [0.25, 0.3) is 6.08 Å². The number of carbonyl (C=O) groups excluding carboxylic acids is 1. The van der Waals surface area contributed by atoms with Crippen molar-refractivity contribution < 1.29 is 9.53 Å². The second kappa shape index (κ2) is 5.14. The SMILES string of the molecule is COc1ccccc1/C=C\CC=O. The van der Waals surface area contributed by atoms with Gasteiger partial charge in [-0.15, -0.1) is 0 Å². The van der Waals surface area contributed by atoms with Gasteiger partial charge in [0.25, 0.3) is 0 Å². The molecular formula is C11H12O2. The topological polar surface area (TPSA) is 26.3 Å². The average Bonchev–Trinajstić information content (AvgIpc) is 2.19. The van der Waals surface area contributed by atoms with Crippen LogP contribution in [0, 0.1) is 0 Å². The molecule has 0 radical (unpaired) electrons. The average molecular weight is 176 g/mol. The Morgan fingerprint density at radius 1 is 1.38 bits per heavy atom. The fraction of sp³-hybridized carbons (Fsp3) is 0.182. The number of carbonyl (C=O) groups is 1. The maximum atomic E-state index is 10.1. The normalized spacial score (nSPS) is 10.2. The van der Waals surface area contributed by atoms with E-state index in [0.29, 0.717) is 6.42 Å². The van der Waals surface area contributed by atoms with Crippen LogP contribution < -0.4 is 4.74 Å². The monoisotopic (exact) mass is 176 g/mol. The molecule has 0 spiro atoms. The van der Waals surface area contributed by atoms with Crippen LogP contribution in [-0.2, 0) is 4.79 Å². The zero-order chi connectivity index (χ0) is 9.52. The molecule has 0 heterocycles. The van der Waals surface area contributed by atoms with Crippen LogP contribution in [0.4, 0.5) is 0 Å². The molecule has 0 saturated heterocycles. The minimum Gasteiger partial charge on any atom is -0.496 e. The Balaban J connectivity index is 2.80. The standard InChI is InChI=1S/C11H12O2/c1-13-11-8-3-2-6-10(11)7-4-5-9-12/h2-4,6-9H,5H2,1H3/b7-4-. The zero-order valence-corrected chi connectivity index (χ0v) is 7.57. The van der Waals surface area contributed by atoms with Crippen LogP contribution in [0.2, 0.25) is 0 Å². The lowest BCUT2D eigenvalue weighted by Gasteiger charge is -2.02. The largest absolute Gasteiger partial charge is 0.496 e. The number of rotatable bonds is 4. The molecule has 0 N–H and O–H groups in total. The third kappa shape index (κ3) is 2.75. The van der Waals surface area contributed by atoms with E-state index in [4.69, 9.17) is 4.74 Å². The maximum absolute atomic E-state index is 10.1. The van der Waals surface area contributed by atoms with E-state index in [2.05, 4.69) is 0 Å². The third-order valence-corrected chi connectivity index (χ3v) is 1.67. The highest BCUT2D eigenvalue weighted by Gasteiger charge is 1.95. The Morgan fingerprint density at radius 2 is 2.15 bits per heavy atom. The van der Waals surface area contributed by atoms with E-state index in [1.165, 1.54) is 0 Å². The van der Waals surface area contributed by atoms with Crippen molar-refractivity contribution >= 4 is 12.4 Å². The molecule has 0 saturated carbocycles. The summed E-state index contributed by atoms with van der Waals surface area (Å²) < 4.78 is 5.14. The molecule has 0 aliphatic heterocycles. The Morgan fingerprint density at radius 3 is 2.85 bits per heavy atom. The molecule has 1 aromatic rings. The summed E-state index contributed by atoms with van der Waals surface area (Å²) in [5.74, 6) is 0.824. The number of methoxy groups -OCH3 is 1. The van der Waals surface area contributed by atoms with Gasteiger partial charge in [-0.2, -0.15) is 0 Å². The molecule has 0 amide bonds. The van der Waals surface area contributed by atoms with Gasteiger partial charge in [0.15, 0.2) is 0 Å². The van der Waals surface area contributed by atoms with Gasteiger partial charge in [0, 0.05) is 12.0 Å². The summed E-state index contributed by atoms with van der Waals surface area (Å²) in [5.41, 5.74) is 0.992. The van der Waals surface area contributed by atoms with Gasteiger partial charge in [-0.3, -0.25) is 0 Å². The molecule has 0 unspecified atom stereocenters. The van der Waals surface area contributed by atoms with Crippen molar-refractivity contribution in [2.75, 3.05) is 7.11 Å². The van der Waals surface area contributed by atoms with Crippen LogP contribution in [0.15, 0.2) is 30.3 Å². The fourth-order valence-corrected chi connectivity index (χ4v) is 1.05. The molecule has 0 aromatic heterocycles. The molecule has 1 rings (SSSR count). The second-order valence-corrected chi connectivity index (χ2v) is 2.55. The predicted octanol–water partition coefficient (Wildman–Crippen LogP) is 2.30. The zero-order valence-electron chi connectivity index (χ0n) is 7.57. The summed E-state index contributed by atoms with van der Waals surface area (Å²) in [6, 6.07) is 7.68. The lowest BCUT2D eigenvalue weighted by molar-refractivity contribution is -0.107. The smallest absolute Gasteiger partial charge is 0.126 e. The van der Waals surface area contributed by atoms with E-state index in [-0.39, 0.29) is 0 Å². The Hall–Kier alpha value is -1.57. The van der Waals surface area contributed by atoms with Gasteiger partial charge in [0.1, 0.15) is 12.0 Å². The lowest BCUT2D eigenvalue weighted by Crippen LogP contribution is -1.85. The summed E-state index contributed by atoms with van der Waals surface area (Å²) >= 11 is 0. The van der Waals surface area contributed by atoms with Crippen LogP contribution in [-0.4, -0.2) is 13.4 Å². The quantitative estimate of drug-likeness (QED) is 0.658. The molecule has 0 aliphatic rings. The first-order valence-electron chi connectivity index (χ1n) is 4.11. The molecule has 0 bridgehead atoms. The minimum atomic E-state index is 0.443. The van der Waals surface area contributed by atoms with E-state index in [9.17, 15) is 4.79 Å². The Labute approximate surface area is 77.8 Å². The van der Waals surface area contributed by atoms with Crippen molar-refractivity contribution in [2.45, 2.75) is 6.42 Å². The van der Waals surface area contributed by atoms with E-state index in [0.717, 1.165) is 17.6 Å². The van der Waals surface area contributed by atoms with E-state index in [1.54, 1.807) is 7.11 Å². The first kappa shape index (κ1) is 9.52. The van der Waals surface area contributed by atoms with Gasteiger partial charge >= 0.3 is 0 Å². The summed E-state index contributed by atoms with van der Waals surface area (Å²) in [5, 5.41) is 0. The first-order chi connectivity index (χ1) is 6.38. The van der Waals surface area contributed by atoms with Crippen LogP contribution in [0.1, 0.15) is 12.0 Å². The summed E-state index contributed by atoms with van der Waals surface area (Å²) in [7, 11) is 1.63. The number of allylic oxidation sites excluding steroid dienone is 1. The van der Waals surface area contributed by atoms with Crippen molar-refractivity contribution in [1.82, 2.24) is 0 Å². The van der Waals surface area contributed by atoms with Gasteiger partial charge in [-0.25, -0.2) is 0 Å². The molecule has 1 aromatic carbocycles. The maximum Gasteiger partial charge on any atom is 0.126 e. The summed E-state index contributed by atoms with van der Waals surface area (Å²) in [4.78, 5) is 10.1. The molecule has 0 atom stereocenters. The van der Waals surface area contributed by atoms with Crippen molar-refractivity contribution in [3.8, 4) is 5.75 Å². The lowest BCUT2D eigenvalue weighted by atomic mass is 10.2. The fourth-order valence-electron chi connectivity index (χ4n) is 1.05. The van der Waals surface area contributed by atoms with Crippen molar-refractivity contribution in [2.24, 2.45) is 0 Å². The summed E-state index contributed by atoms with van der Waals surface area (Å²) in [6.07, 6.45) is 5.00. The van der Waals surface area contributed by atoms with E-state index in [1.807, 2.05) is 36.4 Å².